The summed E-state index contributed by atoms with van der Waals surface area (Å²) in [5, 5.41) is 2.79. The molecule has 0 aliphatic rings. The van der Waals surface area contributed by atoms with Gasteiger partial charge in [0.2, 0.25) is 5.91 Å². The molecule has 0 radical (unpaired) electrons. The zero-order valence-electron chi connectivity index (χ0n) is 14.1. The third-order valence-electron chi connectivity index (χ3n) is 3.88. The Morgan fingerprint density at radius 1 is 1.28 bits per heavy atom. The van der Waals surface area contributed by atoms with Crippen LogP contribution >= 0.6 is 11.6 Å². The minimum atomic E-state index is -0.508. The molecule has 0 aliphatic heterocycles. The smallest absolute Gasteiger partial charge is 0.241 e. The molecule has 2 rings (SSSR count). The van der Waals surface area contributed by atoms with E-state index in [4.69, 9.17) is 16.3 Å². The molecule has 2 aromatic rings. The van der Waals surface area contributed by atoms with Crippen molar-refractivity contribution in [3.8, 4) is 5.75 Å². The van der Waals surface area contributed by atoms with Crippen molar-refractivity contribution in [2.24, 2.45) is 0 Å². The van der Waals surface area contributed by atoms with Crippen LogP contribution in [0.5, 0.6) is 5.75 Å². The number of amides is 1. The molecule has 0 saturated heterocycles. The lowest BCUT2D eigenvalue weighted by molar-refractivity contribution is -0.120. The van der Waals surface area contributed by atoms with Crippen LogP contribution in [0.15, 0.2) is 36.4 Å². The maximum absolute atomic E-state index is 13.8. The van der Waals surface area contributed by atoms with Crippen LogP contribution < -0.4 is 10.1 Å². The molecule has 1 N–H and O–H groups in total. The third-order valence-corrected chi connectivity index (χ3v) is 4.19. The van der Waals surface area contributed by atoms with Gasteiger partial charge in [-0.2, -0.15) is 0 Å². The Labute approximate surface area is 150 Å². The number of ether oxygens (including phenoxy) is 1. The van der Waals surface area contributed by atoms with Crippen molar-refractivity contribution in [1.82, 2.24) is 4.90 Å². The second-order valence-corrected chi connectivity index (χ2v) is 6.08. The SMILES string of the molecule is COc1ccc(CN(C)[C@@H](C)C(=O)Nc2ccc(F)cc2Cl)cc1F. The fraction of sp³-hybridized carbons (Fsp3) is 0.278. The van der Waals surface area contributed by atoms with E-state index in [0.717, 1.165) is 6.07 Å². The molecule has 0 spiro atoms. The van der Waals surface area contributed by atoms with Crippen LogP contribution in [0.4, 0.5) is 14.5 Å². The Morgan fingerprint density at radius 3 is 2.60 bits per heavy atom. The molecule has 0 bridgehead atoms. The zero-order valence-corrected chi connectivity index (χ0v) is 14.9. The van der Waals surface area contributed by atoms with Gasteiger partial charge in [-0.05, 0) is 49.9 Å². The lowest BCUT2D eigenvalue weighted by atomic mass is 10.1. The summed E-state index contributed by atoms with van der Waals surface area (Å²) in [5.74, 6) is -1.06. The van der Waals surface area contributed by atoms with E-state index in [9.17, 15) is 13.6 Å². The summed E-state index contributed by atoms with van der Waals surface area (Å²) in [7, 11) is 3.15. The highest BCUT2D eigenvalue weighted by atomic mass is 35.5. The normalized spacial score (nSPS) is 12.1. The first kappa shape index (κ1) is 19.1. The second kappa shape index (κ2) is 8.27. The Bertz CT molecular complexity index is 771. The van der Waals surface area contributed by atoms with E-state index in [0.29, 0.717) is 17.8 Å². The number of hydrogen-bond acceptors (Lipinski definition) is 3. The molecule has 25 heavy (non-hydrogen) atoms. The van der Waals surface area contributed by atoms with Gasteiger partial charge in [0.1, 0.15) is 5.82 Å². The topological polar surface area (TPSA) is 41.6 Å². The summed E-state index contributed by atoms with van der Waals surface area (Å²) in [6.07, 6.45) is 0. The van der Waals surface area contributed by atoms with E-state index in [-0.39, 0.29) is 16.7 Å². The number of nitrogens with zero attached hydrogens (tertiary/aromatic N) is 1. The van der Waals surface area contributed by atoms with E-state index in [2.05, 4.69) is 5.32 Å². The Morgan fingerprint density at radius 2 is 2.00 bits per heavy atom. The molecule has 7 heteroatoms. The highest BCUT2D eigenvalue weighted by molar-refractivity contribution is 6.33. The lowest BCUT2D eigenvalue weighted by Crippen LogP contribution is -2.39. The summed E-state index contributed by atoms with van der Waals surface area (Å²) in [6.45, 7) is 2.08. The first-order valence-electron chi connectivity index (χ1n) is 7.60. The minimum Gasteiger partial charge on any atom is -0.494 e. The van der Waals surface area contributed by atoms with Gasteiger partial charge in [-0.3, -0.25) is 9.69 Å². The highest BCUT2D eigenvalue weighted by Gasteiger charge is 2.19. The summed E-state index contributed by atoms with van der Waals surface area (Å²) in [6, 6.07) is 7.90. The number of hydrogen-bond donors (Lipinski definition) is 1. The molecule has 0 saturated carbocycles. The zero-order chi connectivity index (χ0) is 18.6. The fourth-order valence-electron chi connectivity index (χ4n) is 2.26. The van der Waals surface area contributed by atoms with Crippen LogP contribution in [-0.4, -0.2) is 31.0 Å². The van der Waals surface area contributed by atoms with Crippen LogP contribution in [0.2, 0.25) is 5.02 Å². The first-order valence-corrected chi connectivity index (χ1v) is 7.98. The van der Waals surface area contributed by atoms with Gasteiger partial charge in [0.25, 0.3) is 0 Å². The van der Waals surface area contributed by atoms with Gasteiger partial charge in [0.15, 0.2) is 11.6 Å². The third kappa shape index (κ3) is 4.90. The van der Waals surface area contributed by atoms with Gasteiger partial charge in [-0.1, -0.05) is 17.7 Å². The second-order valence-electron chi connectivity index (χ2n) is 5.67. The first-order chi connectivity index (χ1) is 11.8. The number of anilines is 1. The van der Waals surface area contributed by atoms with E-state index in [1.54, 1.807) is 31.0 Å². The maximum atomic E-state index is 13.8. The van der Waals surface area contributed by atoms with Gasteiger partial charge >= 0.3 is 0 Å². The lowest BCUT2D eigenvalue weighted by Gasteiger charge is -2.24. The number of carbonyl (C=O) groups is 1. The van der Waals surface area contributed by atoms with Crippen molar-refractivity contribution in [3.63, 3.8) is 0 Å². The standard InChI is InChI=1S/C18H19ClF2N2O2/c1-11(18(24)22-16-6-5-13(20)9-14(16)19)23(2)10-12-4-7-17(25-3)15(21)8-12/h4-9,11H,10H2,1-3H3,(H,22,24)/t11-/m0/s1. The average Bonchev–Trinajstić information content (AvgIpc) is 2.56. The van der Waals surface area contributed by atoms with E-state index in [1.807, 2.05) is 0 Å². The molecule has 0 fully saturated rings. The Kier molecular flexibility index (Phi) is 6.33. The van der Waals surface area contributed by atoms with Crippen molar-refractivity contribution in [2.45, 2.75) is 19.5 Å². The van der Waals surface area contributed by atoms with E-state index in [1.165, 1.54) is 25.3 Å². The van der Waals surface area contributed by atoms with Crippen LogP contribution in [0.25, 0.3) is 0 Å². The largest absolute Gasteiger partial charge is 0.494 e. The number of methoxy groups -OCH3 is 1. The van der Waals surface area contributed by atoms with Crippen LogP contribution in [-0.2, 0) is 11.3 Å². The molecule has 0 aromatic heterocycles. The van der Waals surface area contributed by atoms with Crippen molar-refractivity contribution < 1.29 is 18.3 Å². The number of likely N-dealkylation sites (N-methyl/N-ethyl adjacent to an activating group) is 1. The molecule has 1 atom stereocenters. The van der Waals surface area contributed by atoms with Gasteiger partial charge in [-0.25, -0.2) is 8.78 Å². The van der Waals surface area contributed by atoms with Crippen molar-refractivity contribution in [1.29, 1.82) is 0 Å². The van der Waals surface area contributed by atoms with Gasteiger partial charge in [-0.15, -0.1) is 0 Å². The van der Waals surface area contributed by atoms with Crippen LogP contribution in [0, 0.1) is 11.6 Å². The molecular formula is C18H19ClF2N2O2. The quantitative estimate of drug-likeness (QED) is 0.835. The predicted octanol–water partition coefficient (Wildman–Crippen LogP) is 4.09. The van der Waals surface area contributed by atoms with Crippen LogP contribution in [0.1, 0.15) is 12.5 Å². The molecular weight excluding hydrogens is 350 g/mol. The molecule has 134 valence electrons. The van der Waals surface area contributed by atoms with Gasteiger partial charge in [0.05, 0.1) is 23.9 Å². The average molecular weight is 369 g/mol. The number of nitrogens with one attached hydrogen (secondary N) is 1. The summed E-state index contributed by atoms with van der Waals surface area (Å²) in [5.41, 5.74) is 1.05. The summed E-state index contributed by atoms with van der Waals surface area (Å²) in [4.78, 5) is 14.1. The highest BCUT2D eigenvalue weighted by Crippen LogP contribution is 2.23. The molecule has 4 nitrogen and oxygen atoms in total. The minimum absolute atomic E-state index is 0.125. The maximum Gasteiger partial charge on any atom is 0.241 e. The molecule has 0 heterocycles. The number of rotatable bonds is 6. The summed E-state index contributed by atoms with van der Waals surface area (Å²) >= 11 is 5.91. The van der Waals surface area contributed by atoms with E-state index >= 15 is 0 Å². The van der Waals surface area contributed by atoms with Crippen molar-refractivity contribution in [3.05, 3.63) is 58.6 Å². The summed E-state index contributed by atoms with van der Waals surface area (Å²) < 4.78 is 31.7. The molecule has 0 aliphatic carbocycles. The number of halogens is 3. The molecule has 1 amide bonds. The van der Waals surface area contributed by atoms with Crippen molar-refractivity contribution >= 4 is 23.2 Å². The molecule has 2 aromatic carbocycles. The number of carbonyl (C=O) groups excluding carboxylic acids is 1. The fourth-order valence-corrected chi connectivity index (χ4v) is 2.48. The monoisotopic (exact) mass is 368 g/mol. The Hall–Kier alpha value is -2.18. The molecule has 0 unspecified atom stereocenters. The van der Waals surface area contributed by atoms with Crippen LogP contribution in [0.3, 0.4) is 0 Å². The van der Waals surface area contributed by atoms with Gasteiger partial charge in [0, 0.05) is 6.54 Å². The Balaban J connectivity index is 2.02. The van der Waals surface area contributed by atoms with Gasteiger partial charge < -0.3 is 10.1 Å². The van der Waals surface area contributed by atoms with Crippen molar-refractivity contribution in [2.75, 3.05) is 19.5 Å². The predicted molar refractivity (Wildman–Crippen MR) is 93.9 cm³/mol. The number of benzene rings is 2. The van der Waals surface area contributed by atoms with E-state index < -0.39 is 17.7 Å².